The standard InChI is InChI=1S/C28H47N7O/c29-25-32-28(33-26-13-16-30-17-14-26)31-15-8-3-1-2-4-9-19-35(27-11-6-5-7-12-27)20-10-18-34-21-23-36-24-22-34/h13-14,16-17,27H,1-12,15,18-24H2,(H2,30,31,32,33). The second-order valence-corrected chi connectivity index (χ2v) is 10.1. The summed E-state index contributed by atoms with van der Waals surface area (Å²) in [6.07, 6.45) is 21.1. The Morgan fingerprint density at radius 2 is 1.69 bits per heavy atom. The van der Waals surface area contributed by atoms with E-state index in [-0.39, 0.29) is 0 Å². The summed E-state index contributed by atoms with van der Waals surface area (Å²) in [5.41, 5.74) is 0.870. The van der Waals surface area contributed by atoms with Crippen molar-refractivity contribution in [2.24, 2.45) is 4.99 Å². The van der Waals surface area contributed by atoms with Gasteiger partial charge < -0.3 is 20.3 Å². The molecule has 36 heavy (non-hydrogen) atoms. The Morgan fingerprint density at radius 1 is 1.00 bits per heavy atom. The molecule has 1 aliphatic carbocycles. The average Bonchev–Trinajstić information content (AvgIpc) is 2.93. The second-order valence-electron chi connectivity index (χ2n) is 10.1. The molecule has 0 spiro atoms. The molecular weight excluding hydrogens is 450 g/mol. The molecule has 3 rings (SSSR count). The fourth-order valence-corrected chi connectivity index (χ4v) is 5.33. The van der Waals surface area contributed by atoms with Crippen molar-refractivity contribution in [1.82, 2.24) is 20.1 Å². The molecule has 1 aliphatic heterocycles. The van der Waals surface area contributed by atoms with Crippen LogP contribution in [-0.4, -0.2) is 79.3 Å². The molecular formula is C28H47N7O. The van der Waals surface area contributed by atoms with E-state index in [9.17, 15) is 0 Å². The van der Waals surface area contributed by atoms with Gasteiger partial charge in [-0.1, -0.05) is 44.9 Å². The zero-order chi connectivity index (χ0) is 25.1. The maximum Gasteiger partial charge on any atom is 0.211 e. The Balaban J connectivity index is 1.24. The molecule has 2 heterocycles. The van der Waals surface area contributed by atoms with Gasteiger partial charge >= 0.3 is 0 Å². The molecule has 0 atom stereocenters. The number of pyridine rings is 1. The van der Waals surface area contributed by atoms with Crippen molar-refractivity contribution in [1.29, 1.82) is 5.26 Å². The number of nitriles is 1. The molecule has 8 heteroatoms. The van der Waals surface area contributed by atoms with Crippen LogP contribution in [0.3, 0.4) is 0 Å². The van der Waals surface area contributed by atoms with Crippen LogP contribution in [-0.2, 0) is 4.74 Å². The number of guanidine groups is 1. The lowest BCUT2D eigenvalue weighted by Gasteiger charge is -2.35. The van der Waals surface area contributed by atoms with Gasteiger partial charge in [0.15, 0.2) is 0 Å². The lowest BCUT2D eigenvalue weighted by atomic mass is 9.93. The molecule has 200 valence electrons. The van der Waals surface area contributed by atoms with Gasteiger partial charge in [0.05, 0.1) is 13.2 Å². The SMILES string of the molecule is N#C/N=C(\NCCCCCCCCN(CCCN1CCOCC1)C1CCCCC1)Nc1ccncc1. The summed E-state index contributed by atoms with van der Waals surface area (Å²) in [5, 5.41) is 15.3. The quantitative estimate of drug-likeness (QED) is 0.158. The summed E-state index contributed by atoms with van der Waals surface area (Å²) >= 11 is 0. The number of aliphatic imine (C=N–C) groups is 1. The molecule has 0 amide bonds. The summed E-state index contributed by atoms with van der Waals surface area (Å²) in [6.45, 7) is 8.58. The fourth-order valence-electron chi connectivity index (χ4n) is 5.33. The molecule has 0 unspecified atom stereocenters. The number of rotatable bonds is 15. The number of hydrogen-bond donors (Lipinski definition) is 2. The van der Waals surface area contributed by atoms with E-state index in [2.05, 4.69) is 30.4 Å². The van der Waals surface area contributed by atoms with E-state index in [1.165, 1.54) is 90.3 Å². The van der Waals surface area contributed by atoms with Crippen molar-refractivity contribution >= 4 is 11.6 Å². The van der Waals surface area contributed by atoms with Crippen LogP contribution < -0.4 is 10.6 Å². The van der Waals surface area contributed by atoms with E-state index in [4.69, 9.17) is 10.00 Å². The lowest BCUT2D eigenvalue weighted by Crippen LogP contribution is -2.41. The van der Waals surface area contributed by atoms with Gasteiger partial charge in [-0.3, -0.25) is 9.88 Å². The predicted molar refractivity (Wildman–Crippen MR) is 147 cm³/mol. The molecule has 0 bridgehead atoms. The summed E-state index contributed by atoms with van der Waals surface area (Å²) in [5.74, 6) is 0.500. The number of aromatic nitrogens is 1. The topological polar surface area (TPSA) is 88.8 Å². The van der Waals surface area contributed by atoms with Crippen LogP contribution in [0, 0.1) is 11.5 Å². The van der Waals surface area contributed by atoms with Gasteiger partial charge in [0.2, 0.25) is 12.2 Å². The van der Waals surface area contributed by atoms with Gasteiger partial charge in [-0.25, -0.2) is 0 Å². The van der Waals surface area contributed by atoms with E-state index in [0.717, 1.165) is 51.0 Å². The lowest BCUT2D eigenvalue weighted by molar-refractivity contribution is 0.0348. The highest BCUT2D eigenvalue weighted by Crippen LogP contribution is 2.23. The molecule has 1 aromatic rings. The Labute approximate surface area is 218 Å². The molecule has 2 N–H and O–H groups in total. The molecule has 0 radical (unpaired) electrons. The maximum absolute atomic E-state index is 8.93. The Kier molecular flexibility index (Phi) is 14.3. The smallest absolute Gasteiger partial charge is 0.211 e. The molecule has 2 aliphatic rings. The third-order valence-corrected chi connectivity index (χ3v) is 7.38. The maximum atomic E-state index is 8.93. The molecule has 1 saturated carbocycles. The largest absolute Gasteiger partial charge is 0.379 e. The van der Waals surface area contributed by atoms with Crippen molar-refractivity contribution in [2.45, 2.75) is 83.1 Å². The van der Waals surface area contributed by atoms with E-state index in [1.807, 2.05) is 18.3 Å². The number of morpholine rings is 1. The predicted octanol–water partition coefficient (Wildman–Crippen LogP) is 4.62. The third kappa shape index (κ3) is 11.7. The zero-order valence-corrected chi connectivity index (χ0v) is 22.2. The molecule has 1 aromatic heterocycles. The number of nitrogens with one attached hydrogen (secondary N) is 2. The Bertz CT molecular complexity index is 755. The minimum absolute atomic E-state index is 0.500. The first kappa shape index (κ1) is 28.4. The van der Waals surface area contributed by atoms with Crippen LogP contribution >= 0.6 is 0 Å². The van der Waals surface area contributed by atoms with Crippen molar-refractivity contribution in [3.8, 4) is 6.19 Å². The van der Waals surface area contributed by atoms with Gasteiger partial charge in [0.1, 0.15) is 0 Å². The highest BCUT2D eigenvalue weighted by Gasteiger charge is 2.21. The third-order valence-electron chi connectivity index (χ3n) is 7.38. The first-order valence-corrected chi connectivity index (χ1v) is 14.3. The minimum atomic E-state index is 0.500. The van der Waals surface area contributed by atoms with Gasteiger partial charge in [-0.05, 0) is 63.9 Å². The monoisotopic (exact) mass is 497 g/mol. The summed E-state index contributed by atoms with van der Waals surface area (Å²) in [4.78, 5) is 13.3. The number of nitrogens with zero attached hydrogens (tertiary/aromatic N) is 5. The summed E-state index contributed by atoms with van der Waals surface area (Å²) in [7, 11) is 0. The number of unbranched alkanes of at least 4 members (excludes halogenated alkanes) is 5. The van der Waals surface area contributed by atoms with E-state index in [0.29, 0.717) is 5.96 Å². The normalized spacial score (nSPS) is 17.7. The van der Waals surface area contributed by atoms with Crippen LogP contribution in [0.5, 0.6) is 0 Å². The van der Waals surface area contributed by atoms with Gasteiger partial charge in [0, 0.05) is 43.8 Å². The van der Waals surface area contributed by atoms with E-state index >= 15 is 0 Å². The number of anilines is 1. The average molecular weight is 498 g/mol. The van der Waals surface area contributed by atoms with Crippen LogP contribution in [0.4, 0.5) is 5.69 Å². The van der Waals surface area contributed by atoms with Crippen molar-refractivity contribution in [2.75, 3.05) is 57.8 Å². The first-order chi connectivity index (χ1) is 17.8. The molecule has 1 saturated heterocycles. The Hall–Kier alpha value is -2.21. The van der Waals surface area contributed by atoms with Crippen LogP contribution in [0.15, 0.2) is 29.5 Å². The highest BCUT2D eigenvalue weighted by atomic mass is 16.5. The van der Waals surface area contributed by atoms with Gasteiger partial charge in [-0.15, -0.1) is 4.99 Å². The molecule has 2 fully saturated rings. The Morgan fingerprint density at radius 3 is 2.44 bits per heavy atom. The van der Waals surface area contributed by atoms with Gasteiger partial charge in [0.25, 0.3) is 0 Å². The van der Waals surface area contributed by atoms with Gasteiger partial charge in [-0.2, -0.15) is 5.26 Å². The van der Waals surface area contributed by atoms with Crippen LogP contribution in [0.2, 0.25) is 0 Å². The highest BCUT2D eigenvalue weighted by molar-refractivity contribution is 5.94. The number of ether oxygens (including phenoxy) is 1. The summed E-state index contributed by atoms with van der Waals surface area (Å²) in [6, 6.07) is 4.53. The van der Waals surface area contributed by atoms with Crippen molar-refractivity contribution in [3.63, 3.8) is 0 Å². The van der Waals surface area contributed by atoms with Crippen LogP contribution in [0.1, 0.15) is 77.0 Å². The van der Waals surface area contributed by atoms with Crippen molar-refractivity contribution in [3.05, 3.63) is 24.5 Å². The van der Waals surface area contributed by atoms with E-state index in [1.54, 1.807) is 12.4 Å². The first-order valence-electron chi connectivity index (χ1n) is 14.3. The molecule has 8 nitrogen and oxygen atoms in total. The second kappa shape index (κ2) is 18.1. The fraction of sp³-hybridized carbons (Fsp3) is 0.750. The summed E-state index contributed by atoms with van der Waals surface area (Å²) < 4.78 is 5.49. The minimum Gasteiger partial charge on any atom is -0.379 e. The zero-order valence-electron chi connectivity index (χ0n) is 22.2. The van der Waals surface area contributed by atoms with Crippen molar-refractivity contribution < 1.29 is 4.74 Å². The van der Waals surface area contributed by atoms with Crippen LogP contribution in [0.25, 0.3) is 0 Å². The number of hydrogen-bond acceptors (Lipinski definition) is 6. The molecule has 0 aromatic carbocycles. The van der Waals surface area contributed by atoms with E-state index < -0.39 is 0 Å².